The molecule has 0 amide bonds. The highest BCUT2D eigenvalue weighted by molar-refractivity contribution is 5.87. The SMILES string of the molecule is C/C(=C\CO)CC/C=C(\C)C(=O)O[C@H]1[C@H](O[C@@H]2OC=C(C=O)[C@@]3(O)CC[C@@H](C)C23)O[C@H](CO)[C@@H](O)[C@@H]1O. The number of aldehydes is 1. The molecule has 0 spiro atoms. The average molecular weight is 527 g/mol. The van der Waals surface area contributed by atoms with Crippen molar-refractivity contribution in [2.75, 3.05) is 13.2 Å². The number of allylic oxidation sites excluding steroid dienone is 2. The van der Waals surface area contributed by atoms with Gasteiger partial charge in [0.15, 0.2) is 12.4 Å². The van der Waals surface area contributed by atoms with Crippen molar-refractivity contribution in [3.63, 3.8) is 0 Å². The molecular weight excluding hydrogens is 488 g/mol. The Morgan fingerprint density at radius 1 is 1.19 bits per heavy atom. The Balaban J connectivity index is 1.78. The van der Waals surface area contributed by atoms with Gasteiger partial charge in [0.1, 0.15) is 23.9 Å². The van der Waals surface area contributed by atoms with Gasteiger partial charge in [0.25, 0.3) is 0 Å². The highest BCUT2D eigenvalue weighted by atomic mass is 16.8. The lowest BCUT2D eigenvalue weighted by Gasteiger charge is -2.45. The number of carbonyl (C=O) groups excluding carboxylic acids is 2. The molecule has 2 fully saturated rings. The number of fused-ring (bicyclic) bond motifs is 1. The van der Waals surface area contributed by atoms with Crippen molar-refractivity contribution in [2.45, 2.75) is 89.1 Å². The number of rotatable bonds is 10. The second kappa shape index (κ2) is 12.6. The van der Waals surface area contributed by atoms with Gasteiger partial charge in [-0.1, -0.05) is 24.6 Å². The van der Waals surface area contributed by atoms with Crippen LogP contribution in [-0.4, -0.2) is 93.6 Å². The monoisotopic (exact) mass is 526 g/mol. The molecule has 0 bridgehead atoms. The summed E-state index contributed by atoms with van der Waals surface area (Å²) in [6.07, 6.45) is -1.39. The topological polar surface area (TPSA) is 172 Å². The largest absolute Gasteiger partial charge is 0.471 e. The van der Waals surface area contributed by atoms with Gasteiger partial charge in [0.05, 0.1) is 31.0 Å². The maximum absolute atomic E-state index is 12.8. The van der Waals surface area contributed by atoms with Crippen LogP contribution in [0.3, 0.4) is 0 Å². The molecule has 208 valence electrons. The molecule has 1 saturated carbocycles. The lowest BCUT2D eigenvalue weighted by molar-refractivity contribution is -0.347. The van der Waals surface area contributed by atoms with E-state index in [0.717, 1.165) is 11.8 Å². The normalized spacial score (nSPS) is 38.4. The summed E-state index contributed by atoms with van der Waals surface area (Å²) in [5.41, 5.74) is -0.153. The Hall–Kier alpha value is -2.12. The number of hydrogen-bond donors (Lipinski definition) is 5. The van der Waals surface area contributed by atoms with E-state index < -0.39 is 61.1 Å². The van der Waals surface area contributed by atoms with E-state index in [1.807, 2.05) is 13.8 Å². The smallest absolute Gasteiger partial charge is 0.333 e. The van der Waals surface area contributed by atoms with E-state index in [1.165, 1.54) is 0 Å². The van der Waals surface area contributed by atoms with Gasteiger partial charge in [0.2, 0.25) is 12.6 Å². The summed E-state index contributed by atoms with van der Waals surface area (Å²) in [7, 11) is 0. The van der Waals surface area contributed by atoms with Gasteiger partial charge in [-0.25, -0.2) is 4.79 Å². The molecule has 0 aromatic carbocycles. The Kier molecular flexibility index (Phi) is 10.0. The third-order valence-electron chi connectivity index (χ3n) is 7.48. The van der Waals surface area contributed by atoms with Crippen molar-refractivity contribution in [3.8, 4) is 0 Å². The van der Waals surface area contributed by atoms with Gasteiger partial charge in [-0.3, -0.25) is 4.79 Å². The Bertz CT molecular complexity index is 912. The molecule has 9 atom stereocenters. The van der Waals surface area contributed by atoms with Crippen LogP contribution in [0.2, 0.25) is 0 Å². The highest BCUT2D eigenvalue weighted by Gasteiger charge is 2.57. The maximum Gasteiger partial charge on any atom is 0.333 e. The number of aliphatic hydroxyl groups is 5. The maximum atomic E-state index is 12.8. The van der Waals surface area contributed by atoms with Crippen molar-refractivity contribution in [2.24, 2.45) is 11.8 Å². The predicted octanol–water partition coefficient (Wildman–Crippen LogP) is 0.235. The molecule has 3 rings (SSSR count). The first-order valence-corrected chi connectivity index (χ1v) is 12.5. The fraction of sp³-hybridized carbons (Fsp3) is 0.692. The Morgan fingerprint density at radius 3 is 2.57 bits per heavy atom. The standard InChI is InChI=1S/C26H38O11/c1-14(8-10-27)5-4-6-16(3)23(32)36-22-21(31)20(30)18(12-29)35-25(22)37-24-19-15(2)7-9-26(19,33)17(11-28)13-34-24/h6,8,11,13,15,18-22,24-25,27,29-31,33H,4-5,7,9-10,12H2,1-3H3/b14-8+,16-6+/t15-,18-,19?,20-,21+,22-,24+,25+,26+/m1/s1. The van der Waals surface area contributed by atoms with Crippen molar-refractivity contribution in [1.29, 1.82) is 0 Å². The molecule has 0 radical (unpaired) electrons. The fourth-order valence-electron chi connectivity index (χ4n) is 5.17. The van der Waals surface area contributed by atoms with Crippen LogP contribution in [0.5, 0.6) is 0 Å². The zero-order valence-corrected chi connectivity index (χ0v) is 21.4. The summed E-state index contributed by atoms with van der Waals surface area (Å²) in [6, 6.07) is 0. The average Bonchev–Trinajstić information content (AvgIpc) is 3.18. The van der Waals surface area contributed by atoms with Crippen LogP contribution in [0.4, 0.5) is 0 Å². The number of hydrogen-bond acceptors (Lipinski definition) is 11. The number of ether oxygens (including phenoxy) is 4. The first-order chi connectivity index (χ1) is 17.6. The summed E-state index contributed by atoms with van der Waals surface area (Å²) in [5.74, 6) is -1.51. The van der Waals surface area contributed by atoms with Crippen molar-refractivity contribution < 1.29 is 54.1 Å². The van der Waals surface area contributed by atoms with Crippen LogP contribution in [0.1, 0.15) is 46.5 Å². The van der Waals surface area contributed by atoms with E-state index >= 15 is 0 Å². The minimum Gasteiger partial charge on any atom is -0.471 e. The Morgan fingerprint density at radius 2 is 1.92 bits per heavy atom. The van der Waals surface area contributed by atoms with E-state index in [2.05, 4.69) is 0 Å². The molecule has 37 heavy (non-hydrogen) atoms. The lowest BCUT2D eigenvalue weighted by Crippen LogP contribution is -2.62. The van der Waals surface area contributed by atoms with Gasteiger partial charge in [0, 0.05) is 5.57 Å². The van der Waals surface area contributed by atoms with E-state index in [9.17, 15) is 30.0 Å². The van der Waals surface area contributed by atoms with Gasteiger partial charge in [-0.05, 0) is 45.4 Å². The molecule has 0 aromatic rings. The van der Waals surface area contributed by atoms with Gasteiger partial charge in [-0.2, -0.15) is 0 Å². The molecule has 3 aliphatic rings. The number of carbonyl (C=O) groups is 2. The Labute approximate surface area is 216 Å². The summed E-state index contributed by atoms with van der Waals surface area (Å²) in [5, 5.41) is 51.0. The van der Waals surface area contributed by atoms with E-state index in [1.54, 1.807) is 19.1 Å². The zero-order valence-electron chi connectivity index (χ0n) is 21.4. The lowest BCUT2D eigenvalue weighted by atomic mass is 9.80. The molecule has 2 heterocycles. The number of aliphatic hydroxyl groups excluding tert-OH is 4. The third-order valence-corrected chi connectivity index (χ3v) is 7.48. The van der Waals surface area contributed by atoms with Crippen LogP contribution in [0.15, 0.2) is 35.1 Å². The second-order valence-corrected chi connectivity index (χ2v) is 10.0. The minimum atomic E-state index is -1.65. The van der Waals surface area contributed by atoms with Gasteiger partial charge in [-0.15, -0.1) is 0 Å². The van der Waals surface area contributed by atoms with Crippen molar-refractivity contribution in [3.05, 3.63) is 35.1 Å². The van der Waals surface area contributed by atoms with E-state index in [-0.39, 0.29) is 23.7 Å². The molecule has 0 aromatic heterocycles. The zero-order chi connectivity index (χ0) is 27.3. The predicted molar refractivity (Wildman–Crippen MR) is 128 cm³/mol. The highest BCUT2D eigenvalue weighted by Crippen LogP contribution is 2.49. The minimum absolute atomic E-state index is 0.0668. The first-order valence-electron chi connectivity index (χ1n) is 12.5. The van der Waals surface area contributed by atoms with E-state index in [4.69, 9.17) is 24.1 Å². The van der Waals surface area contributed by atoms with Crippen molar-refractivity contribution in [1.82, 2.24) is 0 Å². The molecular formula is C26H38O11. The molecule has 1 aliphatic carbocycles. The van der Waals surface area contributed by atoms with Crippen LogP contribution in [-0.2, 0) is 28.5 Å². The summed E-state index contributed by atoms with van der Waals surface area (Å²) in [4.78, 5) is 24.3. The van der Waals surface area contributed by atoms with Gasteiger partial charge >= 0.3 is 5.97 Å². The fourth-order valence-corrected chi connectivity index (χ4v) is 5.17. The van der Waals surface area contributed by atoms with Gasteiger partial charge < -0.3 is 44.5 Å². The molecule has 2 aliphatic heterocycles. The van der Waals surface area contributed by atoms with Crippen LogP contribution in [0, 0.1) is 11.8 Å². The number of esters is 1. The van der Waals surface area contributed by atoms with E-state index in [0.29, 0.717) is 32.0 Å². The molecule has 11 heteroatoms. The van der Waals surface area contributed by atoms with Crippen LogP contribution < -0.4 is 0 Å². The van der Waals surface area contributed by atoms with Crippen LogP contribution in [0.25, 0.3) is 0 Å². The second-order valence-electron chi connectivity index (χ2n) is 10.0. The molecule has 1 unspecified atom stereocenters. The summed E-state index contributed by atoms with van der Waals surface area (Å²) >= 11 is 0. The third kappa shape index (κ3) is 6.31. The molecule has 5 N–H and O–H groups in total. The van der Waals surface area contributed by atoms with Crippen molar-refractivity contribution >= 4 is 12.3 Å². The van der Waals surface area contributed by atoms with Crippen LogP contribution >= 0.6 is 0 Å². The molecule has 11 nitrogen and oxygen atoms in total. The summed E-state index contributed by atoms with van der Waals surface area (Å²) in [6.45, 7) is 4.59. The summed E-state index contributed by atoms with van der Waals surface area (Å²) < 4.78 is 22.8. The quantitative estimate of drug-likeness (QED) is 0.114. The molecule has 1 saturated heterocycles. The first kappa shape index (κ1) is 29.4.